The van der Waals surface area contributed by atoms with Crippen LogP contribution in [0.3, 0.4) is 0 Å². The summed E-state index contributed by atoms with van der Waals surface area (Å²) in [7, 11) is 0. The number of nitro groups is 1. The highest BCUT2D eigenvalue weighted by atomic mass is 16.6. The van der Waals surface area contributed by atoms with Gasteiger partial charge in [-0.1, -0.05) is 12.1 Å². The number of benzene rings is 1. The molecule has 0 bridgehead atoms. The summed E-state index contributed by atoms with van der Waals surface area (Å²) in [5, 5.41) is 13.6. The Hall–Kier alpha value is -1.71. The summed E-state index contributed by atoms with van der Waals surface area (Å²) >= 11 is 0. The van der Waals surface area contributed by atoms with Crippen molar-refractivity contribution in [2.45, 2.75) is 6.92 Å². The first-order valence-electron chi connectivity index (χ1n) is 3.83. The second-order valence-corrected chi connectivity index (χ2v) is 2.40. The fourth-order valence-corrected chi connectivity index (χ4v) is 1.04. The Kier molecular flexibility index (Phi) is 1.82. The van der Waals surface area contributed by atoms with Crippen molar-refractivity contribution in [1.82, 2.24) is 0 Å². The van der Waals surface area contributed by atoms with Gasteiger partial charge in [-0.15, -0.1) is 0 Å². The molecule has 0 aliphatic heterocycles. The van der Waals surface area contributed by atoms with Crippen LogP contribution in [0.5, 0.6) is 0 Å². The molecule has 0 aliphatic rings. The highest BCUT2D eigenvalue weighted by Crippen LogP contribution is 2.20. The fraction of sp³-hybridized carbons (Fsp3) is 0.125. The number of rotatable bonds is 2. The molecule has 4 heteroatoms. The maximum Gasteiger partial charge on any atom is 0.280 e. The zero-order chi connectivity index (χ0) is 9.84. The lowest BCUT2D eigenvalue weighted by Crippen LogP contribution is -1.96. The van der Waals surface area contributed by atoms with Crippen LogP contribution in [-0.2, 0) is 0 Å². The molecule has 0 amide bonds. The van der Waals surface area contributed by atoms with Gasteiger partial charge in [0, 0.05) is 11.8 Å². The van der Waals surface area contributed by atoms with Crippen molar-refractivity contribution in [3.8, 4) is 0 Å². The van der Waals surface area contributed by atoms with E-state index >= 15 is 0 Å². The predicted octanol–water partition coefficient (Wildman–Crippen LogP) is 1.90. The zero-order valence-corrected chi connectivity index (χ0v) is 6.52. The van der Waals surface area contributed by atoms with E-state index in [4.69, 9.17) is 1.41 Å². The minimum atomic E-state index is -0.466. The molecule has 0 saturated carbocycles. The summed E-state index contributed by atoms with van der Waals surface area (Å²) in [5.74, 6) is 0. The van der Waals surface area contributed by atoms with Crippen molar-refractivity contribution >= 4 is 11.9 Å². The van der Waals surface area contributed by atoms with Gasteiger partial charge in [0.1, 0.15) is 0 Å². The minimum absolute atomic E-state index is 0.0125. The largest absolute Gasteiger partial charge is 0.308 e. The molecular formula is C8H8N2O2. The molecule has 1 rings (SSSR count). The first-order valence-corrected chi connectivity index (χ1v) is 3.38. The fourth-order valence-electron chi connectivity index (χ4n) is 1.04. The Balaban J connectivity index is 3.34. The lowest BCUT2D eigenvalue weighted by atomic mass is 10.1. The molecule has 0 fully saturated rings. The van der Waals surface area contributed by atoms with Crippen molar-refractivity contribution in [3.05, 3.63) is 39.4 Å². The average molecular weight is 166 g/mol. The molecule has 0 saturated heterocycles. The van der Waals surface area contributed by atoms with Crippen molar-refractivity contribution in [2.24, 2.45) is 0 Å². The van der Waals surface area contributed by atoms with E-state index in [0.29, 0.717) is 11.1 Å². The first kappa shape index (κ1) is 6.97. The minimum Gasteiger partial charge on any atom is -0.308 e. The monoisotopic (exact) mass is 166 g/mol. The van der Waals surface area contributed by atoms with Gasteiger partial charge in [0.25, 0.3) is 5.69 Å². The molecule has 12 heavy (non-hydrogen) atoms. The van der Waals surface area contributed by atoms with Crippen LogP contribution in [0.15, 0.2) is 18.2 Å². The van der Waals surface area contributed by atoms with Crippen LogP contribution in [0, 0.1) is 22.4 Å². The Morgan fingerprint density at radius 1 is 1.75 bits per heavy atom. The van der Waals surface area contributed by atoms with Gasteiger partial charge in [-0.25, -0.2) is 0 Å². The van der Waals surface area contributed by atoms with E-state index in [1.54, 1.807) is 25.1 Å². The Morgan fingerprint density at radius 3 is 3.08 bits per heavy atom. The lowest BCUT2D eigenvalue weighted by Gasteiger charge is -1.98. The van der Waals surface area contributed by atoms with E-state index in [1.807, 2.05) is 0 Å². The van der Waals surface area contributed by atoms with Crippen LogP contribution in [-0.4, -0.2) is 11.1 Å². The van der Waals surface area contributed by atoms with Crippen LogP contribution >= 0.6 is 0 Å². The lowest BCUT2D eigenvalue weighted by molar-refractivity contribution is -0.385. The molecule has 0 aliphatic carbocycles. The third kappa shape index (κ3) is 1.32. The highest BCUT2D eigenvalue weighted by molar-refractivity contribution is 5.83. The van der Waals surface area contributed by atoms with Gasteiger partial charge in [0.15, 0.2) is 1.41 Å². The van der Waals surface area contributed by atoms with Crippen LogP contribution < -0.4 is 0 Å². The van der Waals surface area contributed by atoms with Gasteiger partial charge in [0.2, 0.25) is 0 Å². The van der Waals surface area contributed by atoms with E-state index < -0.39 is 4.92 Å². The number of aryl methyl sites for hydroxylation is 1. The van der Waals surface area contributed by atoms with Crippen molar-refractivity contribution in [3.63, 3.8) is 0 Å². The standard InChI is InChI=1S/C8H8N2O2/c1-6-3-2-4-7(5-9)8(6)10(11)12/h2-5,9H,1H3/i/hT. The van der Waals surface area contributed by atoms with Crippen molar-refractivity contribution in [2.75, 3.05) is 0 Å². The SMILES string of the molecule is [3H]N=Cc1cccc(C)c1[N+](=O)[O-]. The Morgan fingerprint density at radius 2 is 2.50 bits per heavy atom. The van der Waals surface area contributed by atoms with E-state index in [9.17, 15) is 10.1 Å². The summed E-state index contributed by atoms with van der Waals surface area (Å²) in [6, 6.07) is 4.90. The number of para-hydroxylation sites is 1. The molecule has 0 heterocycles. The third-order valence-electron chi connectivity index (χ3n) is 1.59. The maximum atomic E-state index is 10.6. The molecule has 1 N–H and O–H groups in total. The topological polar surface area (TPSA) is 67.0 Å². The van der Waals surface area contributed by atoms with Gasteiger partial charge in [-0.3, -0.25) is 10.1 Å². The third-order valence-corrected chi connectivity index (χ3v) is 1.59. The molecule has 0 atom stereocenters. The Labute approximate surface area is 71.0 Å². The summed E-state index contributed by atoms with van der Waals surface area (Å²) in [6.07, 6.45) is 1.16. The van der Waals surface area contributed by atoms with Crippen LogP contribution in [0.4, 0.5) is 5.69 Å². The summed E-state index contributed by atoms with van der Waals surface area (Å²) < 4.78 is 6.60. The van der Waals surface area contributed by atoms with Crippen molar-refractivity contribution < 1.29 is 6.34 Å². The number of nitro benzene ring substituents is 1. The van der Waals surface area contributed by atoms with E-state index in [1.165, 1.54) is 0 Å². The molecule has 0 radical (unpaired) electrons. The number of hydrogen-bond donors (Lipinski definition) is 1. The molecular weight excluding hydrogens is 156 g/mol. The average Bonchev–Trinajstić information content (AvgIpc) is 2.04. The molecule has 0 spiro atoms. The molecule has 0 aromatic heterocycles. The highest BCUT2D eigenvalue weighted by Gasteiger charge is 2.13. The van der Waals surface area contributed by atoms with Gasteiger partial charge >= 0.3 is 0 Å². The molecule has 0 unspecified atom stereocenters. The molecule has 1 aromatic carbocycles. The van der Waals surface area contributed by atoms with Gasteiger partial charge < -0.3 is 5.40 Å². The summed E-state index contributed by atoms with van der Waals surface area (Å²) in [6.45, 7) is 1.65. The van der Waals surface area contributed by atoms with Crippen LogP contribution in [0.2, 0.25) is 1.41 Å². The van der Waals surface area contributed by atoms with E-state index in [-0.39, 0.29) is 5.69 Å². The maximum absolute atomic E-state index is 10.6. The van der Waals surface area contributed by atoms with E-state index in [0.717, 1.165) is 6.21 Å². The molecule has 1 aromatic rings. The zero-order valence-electron chi connectivity index (χ0n) is 7.52. The van der Waals surface area contributed by atoms with Gasteiger partial charge in [-0.05, 0) is 13.0 Å². The van der Waals surface area contributed by atoms with Crippen LogP contribution in [0.25, 0.3) is 0 Å². The molecule has 62 valence electrons. The number of hydrogen-bond acceptors (Lipinski definition) is 3. The predicted molar refractivity (Wildman–Crippen MR) is 45.7 cm³/mol. The Bertz CT molecular complexity index is 363. The quantitative estimate of drug-likeness (QED) is 0.414. The summed E-state index contributed by atoms with van der Waals surface area (Å²) in [4.78, 5) is 10.1. The number of nitrogens with one attached hydrogen (secondary N) is 1. The molecule has 4 nitrogen and oxygen atoms in total. The van der Waals surface area contributed by atoms with E-state index in [2.05, 4.69) is 5.40 Å². The smallest absolute Gasteiger partial charge is 0.280 e. The normalized spacial score (nSPS) is 11.6. The second kappa shape index (κ2) is 3.13. The second-order valence-electron chi connectivity index (χ2n) is 2.40. The van der Waals surface area contributed by atoms with Gasteiger partial charge in [0.05, 0.1) is 10.5 Å². The van der Waals surface area contributed by atoms with Crippen molar-refractivity contribution in [1.29, 1.82) is 5.40 Å². The van der Waals surface area contributed by atoms with Gasteiger partial charge in [-0.2, -0.15) is 0 Å². The first-order chi connectivity index (χ1) is 6.16. The summed E-state index contributed by atoms with van der Waals surface area (Å²) in [5.41, 5.74) is 0.945. The van der Waals surface area contributed by atoms with Crippen LogP contribution in [0.1, 0.15) is 11.1 Å². The number of nitrogens with zero attached hydrogens (tertiary/aromatic N) is 1.